The molecule has 0 saturated carbocycles. The summed E-state index contributed by atoms with van der Waals surface area (Å²) in [7, 11) is 0. The molecule has 1 aromatic heterocycles. The van der Waals surface area contributed by atoms with Gasteiger partial charge in [-0.2, -0.15) is 5.26 Å². The lowest BCUT2D eigenvalue weighted by molar-refractivity contribution is 0.0326. The lowest BCUT2D eigenvalue weighted by Gasteiger charge is -2.15. The van der Waals surface area contributed by atoms with Gasteiger partial charge in [-0.25, -0.2) is 4.98 Å². The Morgan fingerprint density at radius 3 is 2.86 bits per heavy atom. The molecule has 4 nitrogen and oxygen atoms in total. The fourth-order valence-corrected chi connectivity index (χ4v) is 1.17. The van der Waals surface area contributed by atoms with E-state index in [1.165, 1.54) is 18.3 Å². The molecule has 2 atom stereocenters. The number of aromatic nitrogens is 1. The van der Waals surface area contributed by atoms with Crippen molar-refractivity contribution in [2.24, 2.45) is 0 Å². The SMILES string of the molecule is N#Cc1cc(C(O)C(O)CCl)ccn1. The van der Waals surface area contributed by atoms with Crippen molar-refractivity contribution in [1.82, 2.24) is 4.98 Å². The summed E-state index contributed by atoms with van der Waals surface area (Å²) in [4.78, 5) is 3.74. The molecule has 0 bridgehead atoms. The van der Waals surface area contributed by atoms with Gasteiger partial charge < -0.3 is 10.2 Å². The summed E-state index contributed by atoms with van der Waals surface area (Å²) in [5, 5.41) is 27.4. The van der Waals surface area contributed by atoms with Gasteiger partial charge in [0.15, 0.2) is 0 Å². The zero-order chi connectivity index (χ0) is 10.6. The van der Waals surface area contributed by atoms with Crippen LogP contribution in [0.15, 0.2) is 18.3 Å². The number of aliphatic hydroxyl groups excluding tert-OH is 2. The predicted octanol–water partition coefficient (Wildman–Crippen LogP) is 0.586. The second kappa shape index (κ2) is 4.91. The van der Waals surface area contributed by atoms with E-state index in [-0.39, 0.29) is 11.6 Å². The van der Waals surface area contributed by atoms with Crippen molar-refractivity contribution >= 4 is 11.6 Å². The first-order chi connectivity index (χ1) is 6.69. The molecule has 1 heterocycles. The van der Waals surface area contributed by atoms with Crippen LogP contribution in [-0.2, 0) is 0 Å². The van der Waals surface area contributed by atoms with E-state index in [1.54, 1.807) is 0 Å². The minimum atomic E-state index is -1.08. The molecule has 1 rings (SSSR count). The molecule has 0 spiro atoms. The van der Waals surface area contributed by atoms with Gasteiger partial charge in [-0.3, -0.25) is 0 Å². The highest BCUT2D eigenvalue weighted by Crippen LogP contribution is 2.17. The average molecular weight is 213 g/mol. The van der Waals surface area contributed by atoms with Crippen LogP contribution in [0.5, 0.6) is 0 Å². The van der Waals surface area contributed by atoms with Gasteiger partial charge in [0.05, 0.1) is 12.0 Å². The summed E-state index contributed by atoms with van der Waals surface area (Å²) in [5.74, 6) is -0.0641. The summed E-state index contributed by atoms with van der Waals surface area (Å²) >= 11 is 5.38. The molecule has 0 fully saturated rings. The van der Waals surface area contributed by atoms with Crippen LogP contribution in [-0.4, -0.2) is 27.2 Å². The zero-order valence-electron chi connectivity index (χ0n) is 7.26. The largest absolute Gasteiger partial charge is 0.389 e. The monoisotopic (exact) mass is 212 g/mol. The van der Waals surface area contributed by atoms with Gasteiger partial charge in [-0.15, -0.1) is 11.6 Å². The van der Waals surface area contributed by atoms with E-state index in [1.807, 2.05) is 6.07 Å². The van der Waals surface area contributed by atoms with Crippen molar-refractivity contribution in [3.63, 3.8) is 0 Å². The van der Waals surface area contributed by atoms with E-state index < -0.39 is 12.2 Å². The first kappa shape index (κ1) is 10.9. The van der Waals surface area contributed by atoms with Gasteiger partial charge in [0, 0.05) is 6.20 Å². The fraction of sp³-hybridized carbons (Fsp3) is 0.333. The van der Waals surface area contributed by atoms with Crippen molar-refractivity contribution in [2.45, 2.75) is 12.2 Å². The molecular formula is C9H9ClN2O2. The number of halogens is 1. The molecule has 14 heavy (non-hydrogen) atoms. The van der Waals surface area contributed by atoms with Crippen molar-refractivity contribution < 1.29 is 10.2 Å². The number of nitrogens with zero attached hydrogens (tertiary/aromatic N) is 2. The zero-order valence-corrected chi connectivity index (χ0v) is 8.02. The lowest BCUT2D eigenvalue weighted by atomic mass is 10.1. The first-order valence-electron chi connectivity index (χ1n) is 3.97. The van der Waals surface area contributed by atoms with E-state index in [4.69, 9.17) is 16.9 Å². The topological polar surface area (TPSA) is 77.1 Å². The highest BCUT2D eigenvalue weighted by Gasteiger charge is 2.17. The second-order valence-corrected chi connectivity index (χ2v) is 3.06. The summed E-state index contributed by atoms with van der Waals surface area (Å²) in [6.45, 7) is 0. The Kier molecular flexibility index (Phi) is 3.84. The van der Waals surface area contributed by atoms with Gasteiger partial charge in [0.2, 0.25) is 0 Å². The minimum Gasteiger partial charge on any atom is -0.389 e. The smallest absolute Gasteiger partial charge is 0.140 e. The number of aliphatic hydroxyl groups is 2. The molecule has 0 aliphatic heterocycles. The molecule has 1 aromatic rings. The van der Waals surface area contributed by atoms with E-state index >= 15 is 0 Å². The van der Waals surface area contributed by atoms with E-state index in [2.05, 4.69) is 4.98 Å². The molecule has 0 radical (unpaired) electrons. The fourth-order valence-electron chi connectivity index (χ4n) is 0.999. The van der Waals surface area contributed by atoms with Gasteiger partial charge in [0.25, 0.3) is 0 Å². The Labute approximate surface area is 86.4 Å². The predicted molar refractivity (Wildman–Crippen MR) is 50.6 cm³/mol. The maximum atomic E-state index is 9.54. The van der Waals surface area contributed by atoms with E-state index in [0.717, 1.165) is 0 Å². The molecule has 2 unspecified atom stereocenters. The van der Waals surface area contributed by atoms with Gasteiger partial charge in [0.1, 0.15) is 17.9 Å². The van der Waals surface area contributed by atoms with Crippen LogP contribution in [0.4, 0.5) is 0 Å². The maximum absolute atomic E-state index is 9.54. The number of pyridine rings is 1. The molecule has 0 amide bonds. The molecule has 0 saturated heterocycles. The highest BCUT2D eigenvalue weighted by atomic mass is 35.5. The van der Waals surface area contributed by atoms with Crippen molar-refractivity contribution in [2.75, 3.05) is 5.88 Å². The summed E-state index contributed by atoms with van der Waals surface area (Å²) < 4.78 is 0. The van der Waals surface area contributed by atoms with Crippen LogP contribution in [0.1, 0.15) is 17.4 Å². The average Bonchev–Trinajstić information content (AvgIpc) is 2.27. The molecule has 0 aromatic carbocycles. The number of hydrogen-bond donors (Lipinski definition) is 2. The Bertz CT molecular complexity index is 351. The van der Waals surface area contributed by atoms with Crippen LogP contribution < -0.4 is 0 Å². The molecular weight excluding hydrogens is 204 g/mol. The molecule has 5 heteroatoms. The molecule has 74 valence electrons. The Balaban J connectivity index is 2.91. The molecule has 0 aliphatic rings. The third kappa shape index (κ3) is 2.42. The summed E-state index contributed by atoms with van der Waals surface area (Å²) in [6.07, 6.45) is -0.717. The van der Waals surface area contributed by atoms with Gasteiger partial charge in [-0.05, 0) is 17.7 Å². The third-order valence-electron chi connectivity index (χ3n) is 1.76. The number of hydrogen-bond acceptors (Lipinski definition) is 4. The quantitative estimate of drug-likeness (QED) is 0.719. The van der Waals surface area contributed by atoms with Crippen LogP contribution in [0.25, 0.3) is 0 Å². The molecule has 0 aliphatic carbocycles. The standard InChI is InChI=1S/C9H9ClN2O2/c10-4-8(13)9(14)6-1-2-12-7(3-6)5-11/h1-3,8-9,13-14H,4H2. The van der Waals surface area contributed by atoms with Crippen molar-refractivity contribution in [3.05, 3.63) is 29.6 Å². The van der Waals surface area contributed by atoms with Crippen LogP contribution in [0, 0.1) is 11.3 Å². The van der Waals surface area contributed by atoms with E-state index in [0.29, 0.717) is 5.56 Å². The van der Waals surface area contributed by atoms with Gasteiger partial charge in [-0.1, -0.05) is 0 Å². The molecule has 2 N–H and O–H groups in total. The number of rotatable bonds is 3. The normalized spacial score (nSPS) is 14.4. The first-order valence-corrected chi connectivity index (χ1v) is 4.50. The summed E-state index contributed by atoms with van der Waals surface area (Å²) in [5.41, 5.74) is 0.632. The second-order valence-electron chi connectivity index (χ2n) is 2.75. The third-order valence-corrected chi connectivity index (χ3v) is 2.08. The maximum Gasteiger partial charge on any atom is 0.140 e. The van der Waals surface area contributed by atoms with Gasteiger partial charge >= 0.3 is 0 Å². The number of nitriles is 1. The van der Waals surface area contributed by atoms with Crippen LogP contribution in [0.2, 0.25) is 0 Å². The Hall–Kier alpha value is -1.15. The van der Waals surface area contributed by atoms with Crippen molar-refractivity contribution in [1.29, 1.82) is 5.26 Å². The van der Waals surface area contributed by atoms with Crippen molar-refractivity contribution in [3.8, 4) is 6.07 Å². The Morgan fingerprint density at radius 2 is 2.29 bits per heavy atom. The number of alkyl halides is 1. The Morgan fingerprint density at radius 1 is 1.57 bits per heavy atom. The van der Waals surface area contributed by atoms with E-state index in [9.17, 15) is 10.2 Å². The summed E-state index contributed by atoms with van der Waals surface area (Å²) in [6, 6.07) is 4.79. The minimum absolute atomic E-state index is 0.0641. The van der Waals surface area contributed by atoms with Crippen LogP contribution >= 0.6 is 11.6 Å². The highest BCUT2D eigenvalue weighted by molar-refractivity contribution is 6.18. The van der Waals surface area contributed by atoms with Crippen LogP contribution in [0.3, 0.4) is 0 Å². The lowest BCUT2D eigenvalue weighted by Crippen LogP contribution is -2.19.